The van der Waals surface area contributed by atoms with Crippen molar-refractivity contribution in [1.82, 2.24) is 9.88 Å². The quantitative estimate of drug-likeness (QED) is 0.782. The number of halogens is 2. The van der Waals surface area contributed by atoms with E-state index < -0.39 is 11.6 Å². The van der Waals surface area contributed by atoms with Crippen LogP contribution in [-0.4, -0.2) is 34.2 Å². The van der Waals surface area contributed by atoms with Crippen molar-refractivity contribution >= 4 is 34.2 Å². The van der Waals surface area contributed by atoms with E-state index in [1.807, 2.05) is 0 Å². The standard InChI is InChI=1S/C17H15F2N3O3S/c18-12-2-1-10(8-13(12)19)7-11-9-20-17(26-11)21-14(23)5-6-22-15(24)3-4-16(22)25/h1-2,8-9H,3-7H2,(H,20,21,23). The van der Waals surface area contributed by atoms with E-state index in [1.165, 1.54) is 17.4 Å². The number of nitrogens with one attached hydrogen (secondary N) is 1. The molecule has 1 aliphatic heterocycles. The molecule has 3 amide bonds. The number of hydrogen-bond donors (Lipinski definition) is 1. The molecule has 0 unspecified atom stereocenters. The normalized spacial score (nSPS) is 14.2. The van der Waals surface area contributed by atoms with Gasteiger partial charge in [0.05, 0.1) is 0 Å². The van der Waals surface area contributed by atoms with E-state index in [0.29, 0.717) is 17.1 Å². The molecular formula is C17H15F2N3O3S. The van der Waals surface area contributed by atoms with Crippen LogP contribution in [-0.2, 0) is 20.8 Å². The van der Waals surface area contributed by atoms with Gasteiger partial charge in [-0.3, -0.25) is 19.3 Å². The first-order valence-corrected chi connectivity index (χ1v) is 8.75. The Balaban J connectivity index is 1.52. The Morgan fingerprint density at radius 1 is 1.19 bits per heavy atom. The Hall–Kier alpha value is -2.68. The summed E-state index contributed by atoms with van der Waals surface area (Å²) in [6, 6.07) is 3.67. The van der Waals surface area contributed by atoms with E-state index in [2.05, 4.69) is 10.3 Å². The molecule has 136 valence electrons. The summed E-state index contributed by atoms with van der Waals surface area (Å²) in [6.45, 7) is 0.0522. The van der Waals surface area contributed by atoms with Gasteiger partial charge in [0, 0.05) is 43.3 Å². The third-order valence-electron chi connectivity index (χ3n) is 3.88. The fourth-order valence-corrected chi connectivity index (χ4v) is 3.43. The van der Waals surface area contributed by atoms with Crippen LogP contribution in [0.1, 0.15) is 29.7 Å². The fourth-order valence-electron chi connectivity index (χ4n) is 2.57. The van der Waals surface area contributed by atoms with E-state index in [1.54, 1.807) is 6.20 Å². The van der Waals surface area contributed by atoms with Gasteiger partial charge in [0.2, 0.25) is 17.7 Å². The van der Waals surface area contributed by atoms with Crippen LogP contribution in [0.3, 0.4) is 0 Å². The predicted octanol–water partition coefficient (Wildman–Crippen LogP) is 2.49. The lowest BCUT2D eigenvalue weighted by molar-refractivity contribution is -0.138. The van der Waals surface area contributed by atoms with Gasteiger partial charge >= 0.3 is 0 Å². The van der Waals surface area contributed by atoms with Crippen molar-refractivity contribution < 1.29 is 23.2 Å². The first-order valence-electron chi connectivity index (χ1n) is 7.94. The van der Waals surface area contributed by atoms with Crippen molar-refractivity contribution in [1.29, 1.82) is 0 Å². The number of benzene rings is 1. The van der Waals surface area contributed by atoms with E-state index in [4.69, 9.17) is 0 Å². The van der Waals surface area contributed by atoms with Gasteiger partial charge in [-0.2, -0.15) is 0 Å². The summed E-state index contributed by atoms with van der Waals surface area (Å²) in [7, 11) is 0. The Kier molecular flexibility index (Phi) is 5.36. The third-order valence-corrected chi connectivity index (χ3v) is 4.79. The molecule has 0 atom stereocenters. The monoisotopic (exact) mass is 379 g/mol. The van der Waals surface area contributed by atoms with Crippen LogP contribution in [0.15, 0.2) is 24.4 Å². The minimum Gasteiger partial charge on any atom is -0.302 e. The van der Waals surface area contributed by atoms with Crippen molar-refractivity contribution in [2.45, 2.75) is 25.7 Å². The molecule has 1 saturated heterocycles. The number of nitrogens with zero attached hydrogens (tertiary/aromatic N) is 2. The van der Waals surface area contributed by atoms with Crippen molar-refractivity contribution in [3.63, 3.8) is 0 Å². The second-order valence-corrected chi connectivity index (χ2v) is 6.91. The topological polar surface area (TPSA) is 79.4 Å². The molecule has 2 heterocycles. The summed E-state index contributed by atoms with van der Waals surface area (Å²) in [5, 5.41) is 2.97. The van der Waals surface area contributed by atoms with Gasteiger partial charge in [0.1, 0.15) is 0 Å². The van der Waals surface area contributed by atoms with E-state index in [9.17, 15) is 23.2 Å². The molecule has 0 aliphatic carbocycles. The SMILES string of the molecule is O=C(CCN1C(=O)CCC1=O)Nc1ncc(Cc2ccc(F)c(F)c2)s1. The maximum atomic E-state index is 13.2. The van der Waals surface area contributed by atoms with E-state index >= 15 is 0 Å². The zero-order valence-corrected chi connectivity index (χ0v) is 14.4. The van der Waals surface area contributed by atoms with E-state index in [-0.39, 0.29) is 43.5 Å². The van der Waals surface area contributed by atoms with Crippen molar-refractivity contribution in [3.05, 3.63) is 46.5 Å². The third kappa shape index (κ3) is 4.29. The van der Waals surface area contributed by atoms with Crippen LogP contribution in [0.5, 0.6) is 0 Å². The lowest BCUT2D eigenvalue weighted by Crippen LogP contribution is -2.32. The molecule has 26 heavy (non-hydrogen) atoms. The summed E-state index contributed by atoms with van der Waals surface area (Å²) in [5.41, 5.74) is 0.594. The van der Waals surface area contributed by atoms with Crippen molar-refractivity contribution in [3.8, 4) is 0 Å². The van der Waals surface area contributed by atoms with Crippen molar-refractivity contribution in [2.24, 2.45) is 0 Å². The number of aromatic nitrogens is 1. The predicted molar refractivity (Wildman–Crippen MR) is 90.5 cm³/mol. The number of carbonyl (C=O) groups is 3. The molecule has 0 spiro atoms. The Morgan fingerprint density at radius 2 is 1.92 bits per heavy atom. The Bertz CT molecular complexity index is 853. The maximum absolute atomic E-state index is 13.2. The second-order valence-electron chi connectivity index (χ2n) is 5.79. The number of hydrogen-bond acceptors (Lipinski definition) is 5. The number of carbonyl (C=O) groups excluding carboxylic acids is 3. The number of anilines is 1. The van der Waals surface area contributed by atoms with Crippen LogP contribution in [0, 0.1) is 11.6 Å². The molecule has 1 aromatic carbocycles. The highest BCUT2D eigenvalue weighted by Crippen LogP contribution is 2.22. The van der Waals surface area contributed by atoms with Gasteiger partial charge in [-0.25, -0.2) is 13.8 Å². The molecule has 1 N–H and O–H groups in total. The highest BCUT2D eigenvalue weighted by molar-refractivity contribution is 7.15. The summed E-state index contributed by atoms with van der Waals surface area (Å²) in [5.74, 6) is -2.68. The van der Waals surface area contributed by atoms with Gasteiger partial charge in [0.25, 0.3) is 0 Å². The highest BCUT2D eigenvalue weighted by atomic mass is 32.1. The number of imide groups is 1. The maximum Gasteiger partial charge on any atom is 0.229 e. The fraction of sp³-hybridized carbons (Fsp3) is 0.294. The first kappa shape index (κ1) is 18.1. The lowest BCUT2D eigenvalue weighted by Gasteiger charge is -2.12. The molecular weight excluding hydrogens is 364 g/mol. The van der Waals surface area contributed by atoms with Crippen LogP contribution >= 0.6 is 11.3 Å². The van der Waals surface area contributed by atoms with Gasteiger partial charge in [-0.15, -0.1) is 11.3 Å². The average Bonchev–Trinajstić information content (AvgIpc) is 3.16. The molecule has 0 saturated carbocycles. The molecule has 1 fully saturated rings. The van der Waals surface area contributed by atoms with Gasteiger partial charge < -0.3 is 5.32 Å². The number of thiazole rings is 1. The Labute approximate surface area is 151 Å². The van der Waals surface area contributed by atoms with Crippen LogP contribution in [0.4, 0.5) is 13.9 Å². The molecule has 0 radical (unpaired) electrons. The van der Waals surface area contributed by atoms with Crippen LogP contribution in [0.2, 0.25) is 0 Å². The van der Waals surface area contributed by atoms with Gasteiger partial charge in [0.15, 0.2) is 16.8 Å². The van der Waals surface area contributed by atoms with Gasteiger partial charge in [-0.1, -0.05) is 6.07 Å². The summed E-state index contributed by atoms with van der Waals surface area (Å²) in [6.07, 6.45) is 2.30. The minimum atomic E-state index is -0.911. The zero-order chi connectivity index (χ0) is 18.7. The Morgan fingerprint density at radius 3 is 2.62 bits per heavy atom. The largest absolute Gasteiger partial charge is 0.302 e. The van der Waals surface area contributed by atoms with Crippen molar-refractivity contribution in [2.75, 3.05) is 11.9 Å². The molecule has 0 bridgehead atoms. The number of amides is 3. The highest BCUT2D eigenvalue weighted by Gasteiger charge is 2.28. The van der Waals surface area contributed by atoms with Crippen LogP contribution in [0.25, 0.3) is 0 Å². The summed E-state index contributed by atoms with van der Waals surface area (Å²) in [4.78, 5) is 40.9. The average molecular weight is 379 g/mol. The first-order chi connectivity index (χ1) is 12.4. The summed E-state index contributed by atoms with van der Waals surface area (Å²) < 4.78 is 26.2. The van der Waals surface area contributed by atoms with Crippen LogP contribution < -0.4 is 5.32 Å². The van der Waals surface area contributed by atoms with Gasteiger partial charge in [-0.05, 0) is 17.7 Å². The molecule has 1 aromatic heterocycles. The smallest absolute Gasteiger partial charge is 0.229 e. The number of likely N-dealkylation sites (tertiary alicyclic amines) is 1. The molecule has 2 aromatic rings. The number of rotatable bonds is 6. The molecule has 9 heteroatoms. The second kappa shape index (κ2) is 7.69. The lowest BCUT2D eigenvalue weighted by atomic mass is 10.1. The molecule has 1 aliphatic rings. The minimum absolute atomic E-state index is 0.00440. The molecule has 6 nitrogen and oxygen atoms in total. The molecule has 3 rings (SSSR count). The summed E-state index contributed by atoms with van der Waals surface area (Å²) >= 11 is 1.22. The zero-order valence-electron chi connectivity index (χ0n) is 13.6. The van der Waals surface area contributed by atoms with E-state index in [0.717, 1.165) is 21.9 Å².